The molecule has 0 aliphatic heterocycles. The van der Waals surface area contributed by atoms with Crippen LogP contribution in [0.3, 0.4) is 0 Å². The van der Waals surface area contributed by atoms with E-state index >= 15 is 0 Å². The lowest BCUT2D eigenvalue weighted by molar-refractivity contribution is 0.102. The minimum absolute atomic E-state index is 0.128. The number of anilines is 1. The van der Waals surface area contributed by atoms with Gasteiger partial charge in [0.15, 0.2) is 5.13 Å². The summed E-state index contributed by atoms with van der Waals surface area (Å²) in [6.07, 6.45) is 0.738. The Labute approximate surface area is 134 Å². The van der Waals surface area contributed by atoms with Crippen LogP contribution in [0.25, 0.3) is 10.2 Å². The van der Waals surface area contributed by atoms with E-state index in [4.69, 9.17) is 0 Å². The first-order valence-electron chi connectivity index (χ1n) is 7.02. The number of hydrogen-bond donors (Lipinski definition) is 1. The maximum absolute atomic E-state index is 13.2. The number of thiazole rings is 1. The second kappa shape index (κ2) is 6.25. The summed E-state index contributed by atoms with van der Waals surface area (Å²) in [6.45, 7) is 2.36. The van der Waals surface area contributed by atoms with Crippen molar-refractivity contribution in [3.05, 3.63) is 52.2 Å². The highest BCUT2D eigenvalue weighted by molar-refractivity contribution is 7.22. The Morgan fingerprint density at radius 1 is 1.35 bits per heavy atom. The fraction of sp³-hybridized carbons (Fsp3) is 0.200. The summed E-state index contributed by atoms with van der Waals surface area (Å²) in [5, 5.41) is 7.01. The number of amides is 1. The first kappa shape index (κ1) is 15.3. The van der Waals surface area contributed by atoms with Crippen LogP contribution in [0.1, 0.15) is 23.8 Å². The summed E-state index contributed by atoms with van der Waals surface area (Å²) >= 11 is 1.17. The van der Waals surface area contributed by atoms with E-state index in [1.165, 1.54) is 40.3 Å². The van der Waals surface area contributed by atoms with Crippen LogP contribution in [0.2, 0.25) is 0 Å². The Balaban J connectivity index is 1.85. The number of rotatable bonds is 4. The van der Waals surface area contributed by atoms with Crippen LogP contribution in [0, 0.1) is 5.82 Å². The molecule has 3 aromatic rings. The van der Waals surface area contributed by atoms with Crippen molar-refractivity contribution in [2.45, 2.75) is 19.9 Å². The number of nitrogens with one attached hydrogen (secondary N) is 1. The van der Waals surface area contributed by atoms with E-state index in [9.17, 15) is 14.0 Å². The van der Waals surface area contributed by atoms with Crippen LogP contribution in [-0.2, 0) is 6.54 Å². The fourth-order valence-corrected chi connectivity index (χ4v) is 2.94. The minimum Gasteiger partial charge on any atom is -0.296 e. The highest BCUT2D eigenvalue weighted by Crippen LogP contribution is 2.26. The molecule has 0 radical (unpaired) electrons. The maximum Gasteiger partial charge on any atom is 0.277 e. The number of fused-ring (bicyclic) bond motifs is 1. The maximum atomic E-state index is 13.2. The third-order valence-electron chi connectivity index (χ3n) is 3.11. The number of hydrogen-bond acceptors (Lipinski definition) is 5. The highest BCUT2D eigenvalue weighted by Gasteiger charge is 2.13. The molecule has 0 fully saturated rings. The predicted octanol–water partition coefficient (Wildman–Crippen LogP) is 2.65. The molecule has 2 aromatic heterocycles. The van der Waals surface area contributed by atoms with Gasteiger partial charge in [0.1, 0.15) is 11.5 Å². The third-order valence-corrected chi connectivity index (χ3v) is 4.04. The number of aryl methyl sites for hydroxylation is 1. The smallest absolute Gasteiger partial charge is 0.277 e. The predicted molar refractivity (Wildman–Crippen MR) is 86.3 cm³/mol. The molecule has 0 aliphatic rings. The van der Waals surface area contributed by atoms with E-state index in [1.807, 2.05) is 6.92 Å². The van der Waals surface area contributed by atoms with Crippen LogP contribution >= 0.6 is 11.3 Å². The minimum atomic E-state index is -0.464. The Bertz CT molecular complexity index is 935. The molecule has 0 aliphatic carbocycles. The molecule has 2 heterocycles. The second-order valence-electron chi connectivity index (χ2n) is 4.87. The molecule has 1 N–H and O–H groups in total. The fourth-order valence-electron chi connectivity index (χ4n) is 2.06. The number of aromatic nitrogens is 3. The molecule has 0 saturated heterocycles. The topological polar surface area (TPSA) is 76.9 Å². The van der Waals surface area contributed by atoms with E-state index in [0.29, 0.717) is 21.9 Å². The van der Waals surface area contributed by atoms with Gasteiger partial charge in [-0.1, -0.05) is 18.3 Å². The third kappa shape index (κ3) is 3.26. The molecule has 118 valence electrons. The summed E-state index contributed by atoms with van der Waals surface area (Å²) in [6, 6.07) is 6.91. The van der Waals surface area contributed by atoms with Crippen molar-refractivity contribution in [3.63, 3.8) is 0 Å². The van der Waals surface area contributed by atoms with Crippen molar-refractivity contribution in [2.24, 2.45) is 0 Å². The van der Waals surface area contributed by atoms with Crippen molar-refractivity contribution in [3.8, 4) is 0 Å². The molecule has 23 heavy (non-hydrogen) atoms. The highest BCUT2D eigenvalue weighted by atomic mass is 32.1. The zero-order chi connectivity index (χ0) is 16.4. The molecule has 0 spiro atoms. The number of benzene rings is 1. The SMILES string of the molecule is CCCn1nc(C(=O)Nc2nc3ccc(F)cc3s2)ccc1=O. The molecule has 0 atom stereocenters. The molecular weight excluding hydrogens is 319 g/mol. The quantitative estimate of drug-likeness (QED) is 0.797. The average Bonchev–Trinajstić information content (AvgIpc) is 2.90. The van der Waals surface area contributed by atoms with Gasteiger partial charge in [0.05, 0.1) is 10.2 Å². The summed E-state index contributed by atoms with van der Waals surface area (Å²) in [7, 11) is 0. The number of carbonyl (C=O) groups excluding carboxylic acids is 1. The van der Waals surface area contributed by atoms with E-state index in [1.54, 1.807) is 6.07 Å². The lowest BCUT2D eigenvalue weighted by Crippen LogP contribution is -2.26. The van der Waals surface area contributed by atoms with Gasteiger partial charge >= 0.3 is 0 Å². The van der Waals surface area contributed by atoms with Crippen molar-refractivity contribution in [2.75, 3.05) is 5.32 Å². The van der Waals surface area contributed by atoms with Gasteiger partial charge in [0, 0.05) is 12.6 Å². The van der Waals surface area contributed by atoms with Crippen LogP contribution in [0.5, 0.6) is 0 Å². The van der Waals surface area contributed by atoms with Gasteiger partial charge in [-0.15, -0.1) is 0 Å². The second-order valence-corrected chi connectivity index (χ2v) is 5.90. The van der Waals surface area contributed by atoms with Crippen molar-refractivity contribution < 1.29 is 9.18 Å². The Morgan fingerprint density at radius 2 is 2.17 bits per heavy atom. The van der Waals surface area contributed by atoms with E-state index in [2.05, 4.69) is 15.4 Å². The van der Waals surface area contributed by atoms with Gasteiger partial charge in [-0.3, -0.25) is 14.9 Å². The van der Waals surface area contributed by atoms with Crippen LogP contribution in [0.15, 0.2) is 35.1 Å². The molecule has 1 amide bonds. The molecule has 3 rings (SSSR count). The van der Waals surface area contributed by atoms with Gasteiger partial charge in [-0.2, -0.15) is 5.10 Å². The molecule has 6 nitrogen and oxygen atoms in total. The molecule has 0 unspecified atom stereocenters. The largest absolute Gasteiger partial charge is 0.296 e. The normalized spacial score (nSPS) is 10.9. The first-order valence-corrected chi connectivity index (χ1v) is 7.84. The molecule has 1 aromatic carbocycles. The summed E-state index contributed by atoms with van der Waals surface area (Å²) in [4.78, 5) is 28.1. The van der Waals surface area contributed by atoms with Gasteiger partial charge in [-0.05, 0) is 30.7 Å². The number of halogens is 1. The molecule has 0 saturated carbocycles. The Morgan fingerprint density at radius 3 is 2.96 bits per heavy atom. The van der Waals surface area contributed by atoms with Gasteiger partial charge < -0.3 is 0 Å². The zero-order valence-electron chi connectivity index (χ0n) is 12.2. The van der Waals surface area contributed by atoms with Gasteiger partial charge in [0.2, 0.25) is 0 Å². The zero-order valence-corrected chi connectivity index (χ0v) is 13.1. The van der Waals surface area contributed by atoms with E-state index < -0.39 is 5.91 Å². The van der Waals surface area contributed by atoms with E-state index in [-0.39, 0.29) is 17.1 Å². The van der Waals surface area contributed by atoms with Gasteiger partial charge in [0.25, 0.3) is 11.5 Å². The standard InChI is InChI=1S/C15H13FN4O2S/c1-2-7-20-13(21)6-5-11(19-20)14(22)18-15-17-10-4-3-9(16)8-12(10)23-15/h3-6,8H,2,7H2,1H3,(H,17,18,22). The number of carbonyl (C=O) groups is 1. The molecular formula is C15H13FN4O2S. The van der Waals surface area contributed by atoms with Gasteiger partial charge in [-0.25, -0.2) is 14.1 Å². The lowest BCUT2D eigenvalue weighted by atomic mass is 10.3. The summed E-state index contributed by atoms with van der Waals surface area (Å²) in [5.41, 5.74) is 0.484. The molecule has 8 heteroatoms. The van der Waals surface area contributed by atoms with Crippen molar-refractivity contribution in [1.82, 2.24) is 14.8 Å². The average molecular weight is 332 g/mol. The first-order chi connectivity index (χ1) is 11.1. The summed E-state index contributed by atoms with van der Waals surface area (Å²) in [5.74, 6) is -0.818. The lowest BCUT2D eigenvalue weighted by Gasteiger charge is -2.05. The number of nitrogens with zero attached hydrogens (tertiary/aromatic N) is 3. The van der Waals surface area contributed by atoms with E-state index in [0.717, 1.165) is 6.42 Å². The van der Waals surface area contributed by atoms with Crippen molar-refractivity contribution in [1.29, 1.82) is 0 Å². The van der Waals surface area contributed by atoms with Crippen LogP contribution in [-0.4, -0.2) is 20.7 Å². The van der Waals surface area contributed by atoms with Crippen LogP contribution < -0.4 is 10.9 Å². The van der Waals surface area contributed by atoms with Crippen LogP contribution in [0.4, 0.5) is 9.52 Å². The Kier molecular flexibility index (Phi) is 4.16. The molecule has 0 bridgehead atoms. The summed E-state index contributed by atoms with van der Waals surface area (Å²) < 4.78 is 15.1. The monoisotopic (exact) mass is 332 g/mol. The van der Waals surface area contributed by atoms with Crippen molar-refractivity contribution >= 4 is 32.6 Å². The Hall–Kier alpha value is -2.61.